The van der Waals surface area contributed by atoms with E-state index in [1.807, 2.05) is 0 Å². The number of hydrogen-bond donors (Lipinski definition) is 2. The summed E-state index contributed by atoms with van der Waals surface area (Å²) in [6.45, 7) is 0.894. The highest BCUT2D eigenvalue weighted by Gasteiger charge is 2.36. The van der Waals surface area contributed by atoms with Gasteiger partial charge in [-0.1, -0.05) is 6.92 Å². The zero-order valence-electron chi connectivity index (χ0n) is 10.5. The number of alkyl halides is 3. The molecule has 0 aromatic rings. The third kappa shape index (κ3) is 4.60. The fourth-order valence-electron chi connectivity index (χ4n) is 1.83. The highest BCUT2D eigenvalue weighted by Crippen LogP contribution is 2.25. The van der Waals surface area contributed by atoms with Gasteiger partial charge in [0.05, 0.1) is 11.8 Å². The lowest BCUT2D eigenvalue weighted by atomic mass is 9.99. The van der Waals surface area contributed by atoms with E-state index in [4.69, 9.17) is 5.11 Å². The van der Waals surface area contributed by atoms with Gasteiger partial charge in [0.25, 0.3) is 0 Å². The lowest BCUT2D eigenvalue weighted by Crippen LogP contribution is -2.48. The van der Waals surface area contributed by atoms with Gasteiger partial charge in [-0.25, -0.2) is 4.79 Å². The minimum Gasteiger partial charge on any atom is -0.481 e. The number of urea groups is 1. The van der Waals surface area contributed by atoms with Crippen LogP contribution in [0.1, 0.15) is 19.8 Å². The zero-order chi connectivity index (χ0) is 14.6. The molecule has 1 fully saturated rings. The SMILES string of the molecule is CC(CNC(=O)N1CCCC(C(=O)O)C1)C(F)(F)F. The number of carboxylic acid groups (broad SMARTS) is 1. The van der Waals surface area contributed by atoms with Gasteiger partial charge in [0.15, 0.2) is 0 Å². The Bertz CT molecular complexity index is 347. The summed E-state index contributed by atoms with van der Waals surface area (Å²) in [4.78, 5) is 23.7. The molecular weight excluding hydrogens is 265 g/mol. The summed E-state index contributed by atoms with van der Waals surface area (Å²) in [5.74, 6) is -3.25. The molecule has 2 N–H and O–H groups in total. The first-order valence-electron chi connectivity index (χ1n) is 6.04. The molecule has 8 heteroatoms. The van der Waals surface area contributed by atoms with E-state index >= 15 is 0 Å². The van der Waals surface area contributed by atoms with Crippen LogP contribution in [-0.4, -0.2) is 47.8 Å². The van der Waals surface area contributed by atoms with Crippen LogP contribution in [0.5, 0.6) is 0 Å². The Balaban J connectivity index is 2.43. The number of carbonyl (C=O) groups excluding carboxylic acids is 1. The van der Waals surface area contributed by atoms with E-state index in [-0.39, 0.29) is 6.54 Å². The zero-order valence-corrected chi connectivity index (χ0v) is 10.5. The van der Waals surface area contributed by atoms with Crippen molar-refractivity contribution in [2.75, 3.05) is 19.6 Å². The normalized spacial score (nSPS) is 21.9. The van der Waals surface area contributed by atoms with Gasteiger partial charge >= 0.3 is 18.2 Å². The monoisotopic (exact) mass is 282 g/mol. The van der Waals surface area contributed by atoms with E-state index in [1.165, 1.54) is 4.90 Å². The summed E-state index contributed by atoms with van der Waals surface area (Å²) >= 11 is 0. The number of aliphatic carboxylic acids is 1. The number of carbonyl (C=O) groups is 2. The predicted octanol–water partition coefficient (Wildman–Crippen LogP) is 1.69. The number of halogens is 3. The summed E-state index contributed by atoms with van der Waals surface area (Å²) in [5.41, 5.74) is 0. The lowest BCUT2D eigenvalue weighted by Gasteiger charge is -2.31. The number of nitrogens with one attached hydrogen (secondary N) is 1. The minimum atomic E-state index is -4.35. The quantitative estimate of drug-likeness (QED) is 0.827. The van der Waals surface area contributed by atoms with Gasteiger partial charge in [-0.05, 0) is 12.8 Å². The molecule has 0 radical (unpaired) electrons. The molecule has 0 bridgehead atoms. The second kappa shape index (κ2) is 6.12. The maximum atomic E-state index is 12.3. The molecule has 0 aromatic heterocycles. The van der Waals surface area contributed by atoms with Crippen LogP contribution in [0.3, 0.4) is 0 Å². The van der Waals surface area contributed by atoms with E-state index in [2.05, 4.69) is 5.32 Å². The molecule has 2 amide bonds. The molecule has 0 spiro atoms. The van der Waals surface area contributed by atoms with Gasteiger partial charge in [0.1, 0.15) is 0 Å². The number of piperidine rings is 1. The van der Waals surface area contributed by atoms with Crippen LogP contribution in [0.25, 0.3) is 0 Å². The Kier molecular flexibility index (Phi) is 5.02. The van der Waals surface area contributed by atoms with E-state index in [1.54, 1.807) is 0 Å². The van der Waals surface area contributed by atoms with E-state index in [9.17, 15) is 22.8 Å². The van der Waals surface area contributed by atoms with E-state index in [0.717, 1.165) is 6.92 Å². The van der Waals surface area contributed by atoms with Crippen molar-refractivity contribution >= 4 is 12.0 Å². The topological polar surface area (TPSA) is 69.6 Å². The van der Waals surface area contributed by atoms with E-state index < -0.39 is 36.6 Å². The van der Waals surface area contributed by atoms with Crippen LogP contribution in [-0.2, 0) is 4.79 Å². The van der Waals surface area contributed by atoms with Crippen molar-refractivity contribution in [1.29, 1.82) is 0 Å². The number of rotatable bonds is 3. The van der Waals surface area contributed by atoms with Crippen molar-refractivity contribution in [3.8, 4) is 0 Å². The molecule has 19 heavy (non-hydrogen) atoms. The maximum absolute atomic E-state index is 12.3. The van der Waals surface area contributed by atoms with Crippen molar-refractivity contribution < 1.29 is 27.9 Å². The summed E-state index contributed by atoms with van der Waals surface area (Å²) in [5, 5.41) is 11.0. The molecule has 5 nitrogen and oxygen atoms in total. The molecule has 1 saturated heterocycles. The van der Waals surface area contributed by atoms with Crippen LogP contribution in [0.2, 0.25) is 0 Å². The molecule has 1 aliphatic heterocycles. The van der Waals surface area contributed by atoms with E-state index in [0.29, 0.717) is 19.4 Å². The Hall–Kier alpha value is -1.47. The maximum Gasteiger partial charge on any atom is 0.393 e. The molecule has 2 atom stereocenters. The fourth-order valence-corrected chi connectivity index (χ4v) is 1.83. The number of amides is 2. The minimum absolute atomic E-state index is 0.0432. The Morgan fingerprint density at radius 3 is 2.63 bits per heavy atom. The average molecular weight is 282 g/mol. The molecule has 2 unspecified atom stereocenters. The van der Waals surface area contributed by atoms with Crippen LogP contribution in [0.15, 0.2) is 0 Å². The standard InChI is InChI=1S/C11H17F3N2O3/c1-7(11(12,13)14)5-15-10(19)16-4-2-3-8(6-16)9(17)18/h7-8H,2-6H2,1H3,(H,15,19)(H,17,18). The van der Waals surface area contributed by atoms with Crippen LogP contribution in [0.4, 0.5) is 18.0 Å². The molecule has 110 valence electrons. The molecule has 1 heterocycles. The highest BCUT2D eigenvalue weighted by atomic mass is 19.4. The third-order valence-corrected chi connectivity index (χ3v) is 3.18. The van der Waals surface area contributed by atoms with Crippen LogP contribution < -0.4 is 5.32 Å². The van der Waals surface area contributed by atoms with Crippen molar-refractivity contribution in [1.82, 2.24) is 10.2 Å². The van der Waals surface area contributed by atoms with Crippen molar-refractivity contribution in [3.63, 3.8) is 0 Å². The van der Waals surface area contributed by atoms with Crippen LogP contribution >= 0.6 is 0 Å². The van der Waals surface area contributed by atoms with Crippen LogP contribution in [0, 0.1) is 11.8 Å². The Morgan fingerprint density at radius 1 is 1.47 bits per heavy atom. The predicted molar refractivity (Wildman–Crippen MR) is 60.6 cm³/mol. The second-order valence-electron chi connectivity index (χ2n) is 4.75. The molecule has 1 rings (SSSR count). The third-order valence-electron chi connectivity index (χ3n) is 3.18. The van der Waals surface area contributed by atoms with Gasteiger partial charge in [-0.3, -0.25) is 4.79 Å². The van der Waals surface area contributed by atoms with Gasteiger partial charge in [0, 0.05) is 19.6 Å². The summed E-state index contributed by atoms with van der Waals surface area (Å²) < 4.78 is 36.8. The average Bonchev–Trinajstić information content (AvgIpc) is 2.34. The van der Waals surface area contributed by atoms with Crippen molar-refractivity contribution in [2.45, 2.75) is 25.9 Å². The van der Waals surface area contributed by atoms with Gasteiger partial charge in [0.2, 0.25) is 0 Å². The summed E-state index contributed by atoms with van der Waals surface area (Å²) in [6, 6.07) is -0.637. The Morgan fingerprint density at radius 2 is 2.11 bits per heavy atom. The fraction of sp³-hybridized carbons (Fsp3) is 0.818. The second-order valence-corrected chi connectivity index (χ2v) is 4.75. The number of nitrogens with zero attached hydrogens (tertiary/aromatic N) is 1. The molecule has 0 aliphatic carbocycles. The smallest absolute Gasteiger partial charge is 0.393 e. The van der Waals surface area contributed by atoms with Gasteiger partial charge in [-0.15, -0.1) is 0 Å². The lowest BCUT2D eigenvalue weighted by molar-refractivity contribution is -0.167. The molecular formula is C11H17F3N2O3. The molecule has 1 aliphatic rings. The highest BCUT2D eigenvalue weighted by molar-refractivity contribution is 5.76. The Labute approximate surface area is 108 Å². The first-order valence-corrected chi connectivity index (χ1v) is 6.04. The number of carboxylic acids is 1. The number of hydrogen-bond acceptors (Lipinski definition) is 2. The van der Waals surface area contributed by atoms with Gasteiger partial charge < -0.3 is 15.3 Å². The largest absolute Gasteiger partial charge is 0.481 e. The van der Waals surface area contributed by atoms with Gasteiger partial charge in [-0.2, -0.15) is 13.2 Å². The molecule has 0 aromatic carbocycles. The first-order chi connectivity index (χ1) is 8.71. The van der Waals surface area contributed by atoms with Crippen molar-refractivity contribution in [2.24, 2.45) is 11.8 Å². The van der Waals surface area contributed by atoms with Crippen molar-refractivity contribution in [3.05, 3.63) is 0 Å². The summed E-state index contributed by atoms with van der Waals surface area (Å²) in [6.07, 6.45) is -3.32. The molecule has 0 saturated carbocycles. The summed E-state index contributed by atoms with van der Waals surface area (Å²) in [7, 11) is 0. The first kappa shape index (κ1) is 15.6. The number of likely N-dealkylation sites (tertiary alicyclic amines) is 1.